The van der Waals surface area contributed by atoms with Crippen LogP contribution in [0.1, 0.15) is 49.8 Å². The first kappa shape index (κ1) is 25.2. The van der Waals surface area contributed by atoms with Crippen molar-refractivity contribution in [1.29, 1.82) is 0 Å². The minimum atomic E-state index is -0.672. The molecule has 0 aliphatic rings. The zero-order chi connectivity index (χ0) is 23.2. The van der Waals surface area contributed by atoms with Crippen molar-refractivity contribution in [3.8, 4) is 0 Å². The Morgan fingerprint density at radius 2 is 1.53 bits per heavy atom. The van der Waals surface area contributed by atoms with E-state index in [1.54, 1.807) is 24.3 Å². The smallest absolute Gasteiger partial charge is 0.407 e. The summed E-state index contributed by atoms with van der Waals surface area (Å²) >= 11 is 5.95. The summed E-state index contributed by atoms with van der Waals surface area (Å²) in [5.74, 6) is -0.699. The molecule has 0 bridgehead atoms. The highest BCUT2D eigenvalue weighted by atomic mass is 35.5. The van der Waals surface area contributed by atoms with Crippen LogP contribution in [0.2, 0.25) is 5.02 Å². The number of amides is 1. The predicted octanol–water partition coefficient (Wildman–Crippen LogP) is 4.97. The molecule has 0 aromatic heterocycles. The molecule has 0 heterocycles. The number of ether oxygens (including phenoxy) is 3. The number of carbonyl (C=O) groups is 3. The van der Waals surface area contributed by atoms with Crippen molar-refractivity contribution >= 4 is 29.6 Å². The van der Waals surface area contributed by atoms with Crippen LogP contribution in [0.25, 0.3) is 0 Å². The van der Waals surface area contributed by atoms with Crippen molar-refractivity contribution in [2.75, 3.05) is 13.2 Å². The van der Waals surface area contributed by atoms with Crippen molar-refractivity contribution < 1.29 is 28.6 Å². The molecule has 0 aliphatic heterocycles. The summed E-state index contributed by atoms with van der Waals surface area (Å²) in [5, 5.41) is 3.30. The van der Waals surface area contributed by atoms with E-state index < -0.39 is 12.1 Å². The summed E-state index contributed by atoms with van der Waals surface area (Å²) in [5.41, 5.74) is 1.67. The van der Waals surface area contributed by atoms with Crippen molar-refractivity contribution in [3.05, 3.63) is 70.7 Å². The van der Waals surface area contributed by atoms with Gasteiger partial charge >= 0.3 is 18.0 Å². The Balaban J connectivity index is 1.84. The summed E-state index contributed by atoms with van der Waals surface area (Å²) in [7, 11) is 0. The minimum Gasteiger partial charge on any atom is -0.462 e. The second-order valence-electron chi connectivity index (χ2n) is 7.04. The van der Waals surface area contributed by atoms with E-state index in [0.717, 1.165) is 11.1 Å². The molecule has 32 heavy (non-hydrogen) atoms. The van der Waals surface area contributed by atoms with E-state index in [-0.39, 0.29) is 38.2 Å². The number of hydrogen-bond acceptors (Lipinski definition) is 6. The third kappa shape index (κ3) is 9.83. The first-order valence-corrected chi connectivity index (χ1v) is 10.9. The largest absolute Gasteiger partial charge is 0.462 e. The average Bonchev–Trinajstić information content (AvgIpc) is 2.79. The fourth-order valence-corrected chi connectivity index (χ4v) is 2.97. The topological polar surface area (TPSA) is 90.9 Å². The van der Waals surface area contributed by atoms with E-state index in [2.05, 4.69) is 5.32 Å². The first-order valence-electron chi connectivity index (χ1n) is 10.5. The second-order valence-corrected chi connectivity index (χ2v) is 7.48. The molecule has 1 unspecified atom stereocenters. The zero-order valence-electron chi connectivity index (χ0n) is 18.1. The maximum absolute atomic E-state index is 12.2. The zero-order valence-corrected chi connectivity index (χ0v) is 18.8. The Hall–Kier alpha value is -3.06. The van der Waals surface area contributed by atoms with Gasteiger partial charge in [0.05, 0.1) is 6.04 Å². The van der Waals surface area contributed by atoms with Gasteiger partial charge in [-0.3, -0.25) is 9.59 Å². The summed E-state index contributed by atoms with van der Waals surface area (Å²) in [6, 6.07) is 15.9. The van der Waals surface area contributed by atoms with Crippen LogP contribution in [0, 0.1) is 0 Å². The minimum absolute atomic E-state index is 0.0102. The van der Waals surface area contributed by atoms with Gasteiger partial charge in [-0.2, -0.15) is 0 Å². The molecule has 0 spiro atoms. The standard InChI is InChI=1S/C24H28ClNO6/c1-2-6-22(27)30-15-16-31-24(29)26-21(19-9-11-20(25)12-10-19)13-14-23(28)32-17-18-7-4-3-5-8-18/h3-5,7-12,21H,2,6,13-17H2,1H3,(H,26,29). The molecular formula is C24H28ClNO6. The number of halogens is 1. The lowest BCUT2D eigenvalue weighted by Crippen LogP contribution is -2.30. The maximum Gasteiger partial charge on any atom is 0.407 e. The van der Waals surface area contributed by atoms with Crippen LogP contribution in [0.5, 0.6) is 0 Å². The van der Waals surface area contributed by atoms with Gasteiger partial charge < -0.3 is 19.5 Å². The highest BCUT2D eigenvalue weighted by Gasteiger charge is 2.18. The van der Waals surface area contributed by atoms with E-state index in [1.165, 1.54) is 0 Å². The van der Waals surface area contributed by atoms with Crippen LogP contribution in [-0.2, 0) is 30.4 Å². The molecule has 2 rings (SSSR count). The molecule has 8 heteroatoms. The Morgan fingerprint density at radius 3 is 2.22 bits per heavy atom. The van der Waals surface area contributed by atoms with Gasteiger partial charge in [0.25, 0.3) is 0 Å². The molecule has 0 saturated carbocycles. The van der Waals surface area contributed by atoms with E-state index in [0.29, 0.717) is 24.3 Å². The fraction of sp³-hybridized carbons (Fsp3) is 0.375. The summed E-state index contributed by atoms with van der Waals surface area (Å²) in [6.45, 7) is 1.99. The van der Waals surface area contributed by atoms with Crippen molar-refractivity contribution in [1.82, 2.24) is 5.32 Å². The number of esters is 2. The Morgan fingerprint density at radius 1 is 0.875 bits per heavy atom. The molecule has 0 fully saturated rings. The lowest BCUT2D eigenvalue weighted by Gasteiger charge is -2.19. The van der Waals surface area contributed by atoms with E-state index in [4.69, 9.17) is 25.8 Å². The monoisotopic (exact) mass is 461 g/mol. The molecule has 1 N–H and O–H groups in total. The maximum atomic E-state index is 12.2. The van der Waals surface area contributed by atoms with Crippen LogP contribution in [0.4, 0.5) is 4.79 Å². The molecule has 1 atom stereocenters. The quantitative estimate of drug-likeness (QED) is 0.272. The first-order chi connectivity index (χ1) is 15.5. The normalized spacial score (nSPS) is 11.3. The van der Waals surface area contributed by atoms with Crippen LogP contribution >= 0.6 is 11.6 Å². The van der Waals surface area contributed by atoms with Crippen molar-refractivity contribution in [2.24, 2.45) is 0 Å². The molecule has 2 aromatic carbocycles. The van der Waals surface area contributed by atoms with Gasteiger partial charge in [-0.05, 0) is 36.1 Å². The van der Waals surface area contributed by atoms with Crippen molar-refractivity contribution in [3.63, 3.8) is 0 Å². The van der Waals surface area contributed by atoms with E-state index in [1.807, 2.05) is 37.3 Å². The molecule has 2 aromatic rings. The average molecular weight is 462 g/mol. The number of benzene rings is 2. The molecule has 7 nitrogen and oxygen atoms in total. The fourth-order valence-electron chi connectivity index (χ4n) is 2.84. The van der Waals surface area contributed by atoms with Gasteiger partial charge in [-0.25, -0.2) is 4.79 Å². The van der Waals surface area contributed by atoms with E-state index in [9.17, 15) is 14.4 Å². The number of rotatable bonds is 12. The lowest BCUT2D eigenvalue weighted by molar-refractivity contribution is -0.145. The van der Waals surface area contributed by atoms with Crippen LogP contribution in [-0.4, -0.2) is 31.2 Å². The molecule has 0 saturated heterocycles. The van der Waals surface area contributed by atoms with Gasteiger partial charge in [0.15, 0.2) is 0 Å². The van der Waals surface area contributed by atoms with Gasteiger partial charge in [0, 0.05) is 17.9 Å². The Bertz CT molecular complexity index is 857. The Labute approximate surface area is 193 Å². The summed E-state index contributed by atoms with van der Waals surface area (Å²) in [6.07, 6.45) is 0.765. The third-order valence-electron chi connectivity index (χ3n) is 4.48. The molecule has 0 radical (unpaired) electrons. The number of alkyl carbamates (subject to hydrolysis) is 1. The highest BCUT2D eigenvalue weighted by molar-refractivity contribution is 6.30. The third-order valence-corrected chi connectivity index (χ3v) is 4.73. The molecule has 0 aliphatic carbocycles. The lowest BCUT2D eigenvalue weighted by atomic mass is 10.0. The highest BCUT2D eigenvalue weighted by Crippen LogP contribution is 2.21. The van der Waals surface area contributed by atoms with Crippen LogP contribution in [0.3, 0.4) is 0 Å². The van der Waals surface area contributed by atoms with Gasteiger partial charge in [0.2, 0.25) is 0 Å². The molecule has 172 valence electrons. The van der Waals surface area contributed by atoms with Gasteiger partial charge in [-0.1, -0.05) is 61.0 Å². The summed E-state index contributed by atoms with van der Waals surface area (Å²) < 4.78 is 15.4. The predicted molar refractivity (Wildman–Crippen MR) is 120 cm³/mol. The number of hydrogen-bond donors (Lipinski definition) is 1. The van der Waals surface area contributed by atoms with Gasteiger partial charge in [-0.15, -0.1) is 0 Å². The van der Waals surface area contributed by atoms with Crippen LogP contribution in [0.15, 0.2) is 54.6 Å². The van der Waals surface area contributed by atoms with Gasteiger partial charge in [0.1, 0.15) is 19.8 Å². The molecule has 1 amide bonds. The van der Waals surface area contributed by atoms with Crippen LogP contribution < -0.4 is 5.32 Å². The van der Waals surface area contributed by atoms with Crippen molar-refractivity contribution in [2.45, 2.75) is 45.3 Å². The molecular weight excluding hydrogens is 434 g/mol. The number of carbonyl (C=O) groups excluding carboxylic acids is 3. The number of nitrogens with one attached hydrogen (secondary N) is 1. The SMILES string of the molecule is CCCC(=O)OCCOC(=O)NC(CCC(=O)OCc1ccccc1)c1ccc(Cl)cc1. The Kier molecular flexibility index (Phi) is 11.1. The second kappa shape index (κ2) is 14.1. The van der Waals surface area contributed by atoms with E-state index >= 15 is 0 Å². The summed E-state index contributed by atoms with van der Waals surface area (Å²) in [4.78, 5) is 35.7.